The van der Waals surface area contributed by atoms with E-state index >= 15 is 0 Å². The predicted molar refractivity (Wildman–Crippen MR) is 145 cm³/mol. The summed E-state index contributed by atoms with van der Waals surface area (Å²) in [5.41, 5.74) is 3.23. The number of nitrogens with two attached hydrogens (primary N) is 1. The van der Waals surface area contributed by atoms with E-state index in [-0.39, 0.29) is 18.4 Å². The van der Waals surface area contributed by atoms with E-state index in [1.165, 1.54) is 25.6 Å². The minimum atomic E-state index is -0.941. The highest BCUT2D eigenvalue weighted by Gasteiger charge is 2.30. The molecular formula is C28H41N5O4. The van der Waals surface area contributed by atoms with E-state index in [4.69, 9.17) is 5.84 Å². The topological polar surface area (TPSA) is 120 Å². The van der Waals surface area contributed by atoms with Crippen molar-refractivity contribution in [1.29, 1.82) is 0 Å². The fourth-order valence-corrected chi connectivity index (χ4v) is 4.60. The van der Waals surface area contributed by atoms with Gasteiger partial charge in [-0.15, -0.1) is 0 Å². The summed E-state index contributed by atoms with van der Waals surface area (Å²) in [6.07, 6.45) is 1.25. The van der Waals surface area contributed by atoms with Crippen LogP contribution in [0.1, 0.15) is 37.8 Å². The molecule has 37 heavy (non-hydrogen) atoms. The maximum atomic E-state index is 13.1. The molecule has 2 amide bonds. The lowest BCUT2D eigenvalue weighted by Gasteiger charge is -2.30. The van der Waals surface area contributed by atoms with Crippen molar-refractivity contribution in [3.8, 4) is 0 Å². The number of aliphatic hydroxyl groups excluding tert-OH is 1. The Morgan fingerprint density at radius 2 is 1.68 bits per heavy atom. The van der Waals surface area contributed by atoms with E-state index in [2.05, 4.69) is 44.5 Å². The molecule has 2 unspecified atom stereocenters. The summed E-state index contributed by atoms with van der Waals surface area (Å²) in [5.74, 6) is 5.73. The highest BCUT2D eigenvalue weighted by molar-refractivity contribution is 5.86. The third-order valence-corrected chi connectivity index (χ3v) is 6.71. The van der Waals surface area contributed by atoms with E-state index in [0.29, 0.717) is 13.0 Å². The van der Waals surface area contributed by atoms with Crippen molar-refractivity contribution in [2.24, 2.45) is 11.8 Å². The Morgan fingerprint density at radius 1 is 1.03 bits per heavy atom. The lowest BCUT2D eigenvalue weighted by molar-refractivity contribution is -0.125. The average molecular weight is 512 g/mol. The van der Waals surface area contributed by atoms with Crippen LogP contribution in [-0.2, 0) is 22.5 Å². The highest BCUT2D eigenvalue weighted by Crippen LogP contribution is 2.21. The summed E-state index contributed by atoms with van der Waals surface area (Å²) in [6, 6.07) is 16.6. The highest BCUT2D eigenvalue weighted by atomic mass is 16.5. The zero-order chi connectivity index (χ0) is 26.8. The molecule has 0 spiro atoms. The first-order valence-corrected chi connectivity index (χ1v) is 13.0. The number of hydrogen-bond acceptors (Lipinski definition) is 7. The normalized spacial score (nSPS) is 15.9. The van der Waals surface area contributed by atoms with E-state index in [9.17, 15) is 14.7 Å². The fraction of sp³-hybridized carbons (Fsp3) is 0.500. The third kappa shape index (κ3) is 8.73. The van der Waals surface area contributed by atoms with Gasteiger partial charge in [-0.25, -0.2) is 9.80 Å². The standard InChI is InChI=1S/C28H41N5O4/c1-20(2)26(31-28(36)37-3)27(35)30-24(17-21-9-5-4-6-10-21)25(34)19-33(29)18-22-11-13-23(14-12-22)32-15-7-8-16-32/h4-6,9-14,20,24-26,34H,7-8,15-19,29H2,1-3H3,(H,30,35)(H,31,36)/t24?,25?,26-/m0/s1. The number of nitrogens with zero attached hydrogens (tertiary/aromatic N) is 2. The molecule has 9 nitrogen and oxygen atoms in total. The van der Waals surface area contributed by atoms with Crippen LogP contribution < -0.4 is 21.4 Å². The molecule has 9 heteroatoms. The molecule has 1 heterocycles. The third-order valence-electron chi connectivity index (χ3n) is 6.71. The van der Waals surface area contributed by atoms with Crippen molar-refractivity contribution >= 4 is 17.7 Å². The van der Waals surface area contributed by atoms with Crippen LogP contribution in [0.2, 0.25) is 0 Å². The number of nitrogens with one attached hydrogen (secondary N) is 2. The summed E-state index contributed by atoms with van der Waals surface area (Å²) in [4.78, 5) is 27.3. The molecule has 1 aliphatic heterocycles. The van der Waals surface area contributed by atoms with E-state index < -0.39 is 24.3 Å². The Balaban J connectivity index is 1.65. The lowest BCUT2D eigenvalue weighted by Crippen LogP contribution is -2.56. The number of rotatable bonds is 12. The van der Waals surface area contributed by atoms with E-state index in [0.717, 1.165) is 24.2 Å². The van der Waals surface area contributed by atoms with Crippen LogP contribution in [0.4, 0.5) is 10.5 Å². The molecule has 0 radical (unpaired) electrons. The molecule has 5 N–H and O–H groups in total. The van der Waals surface area contributed by atoms with Gasteiger partial charge >= 0.3 is 6.09 Å². The van der Waals surface area contributed by atoms with Gasteiger partial charge in [-0.2, -0.15) is 0 Å². The number of hydrazine groups is 1. The molecule has 3 rings (SSSR count). The molecule has 0 bridgehead atoms. The molecule has 2 aromatic carbocycles. The first-order chi connectivity index (χ1) is 17.8. The maximum absolute atomic E-state index is 13.1. The van der Waals surface area contributed by atoms with Gasteiger partial charge in [-0.05, 0) is 48.4 Å². The Hall–Kier alpha value is -3.14. The maximum Gasteiger partial charge on any atom is 0.407 e. The van der Waals surface area contributed by atoms with Crippen LogP contribution in [0.25, 0.3) is 0 Å². The molecular weight excluding hydrogens is 470 g/mol. The van der Waals surface area contributed by atoms with Crippen LogP contribution >= 0.6 is 0 Å². The van der Waals surface area contributed by atoms with Gasteiger partial charge in [0.1, 0.15) is 6.04 Å². The summed E-state index contributed by atoms with van der Waals surface area (Å²) in [5, 5.41) is 18.2. The number of carbonyl (C=O) groups excluding carboxylic acids is 2. The van der Waals surface area contributed by atoms with Crippen molar-refractivity contribution in [2.45, 2.75) is 57.8 Å². The minimum absolute atomic E-state index is 0.155. The summed E-state index contributed by atoms with van der Waals surface area (Å²) in [7, 11) is 1.25. The number of hydrogen-bond donors (Lipinski definition) is 4. The predicted octanol–water partition coefficient (Wildman–Crippen LogP) is 2.43. The Morgan fingerprint density at radius 3 is 2.27 bits per heavy atom. The molecule has 2 aromatic rings. The second-order valence-electron chi connectivity index (χ2n) is 10.0. The number of aliphatic hydroxyl groups is 1. The smallest absolute Gasteiger partial charge is 0.407 e. The largest absolute Gasteiger partial charge is 0.453 e. The fourth-order valence-electron chi connectivity index (χ4n) is 4.60. The van der Waals surface area contributed by atoms with Crippen molar-refractivity contribution < 1.29 is 19.4 Å². The van der Waals surface area contributed by atoms with Crippen molar-refractivity contribution in [2.75, 3.05) is 31.6 Å². The van der Waals surface area contributed by atoms with Gasteiger partial charge in [0.05, 0.1) is 19.3 Å². The van der Waals surface area contributed by atoms with Crippen LogP contribution in [-0.4, -0.2) is 67.0 Å². The molecule has 1 saturated heterocycles. The number of carbonyl (C=O) groups is 2. The average Bonchev–Trinajstić information content (AvgIpc) is 3.42. The van der Waals surface area contributed by atoms with Crippen LogP contribution in [0.3, 0.4) is 0 Å². The van der Waals surface area contributed by atoms with Crippen LogP contribution in [0, 0.1) is 5.92 Å². The minimum Gasteiger partial charge on any atom is -0.453 e. The van der Waals surface area contributed by atoms with Gasteiger partial charge in [0, 0.05) is 31.9 Å². The number of alkyl carbamates (subject to hydrolysis) is 1. The molecule has 1 aliphatic rings. The Kier molecular flexibility index (Phi) is 10.7. The van der Waals surface area contributed by atoms with Crippen LogP contribution in [0.15, 0.2) is 54.6 Å². The van der Waals surface area contributed by atoms with Gasteiger partial charge in [0.25, 0.3) is 0 Å². The van der Waals surface area contributed by atoms with E-state index in [1.54, 1.807) is 5.01 Å². The van der Waals surface area contributed by atoms with E-state index in [1.807, 2.05) is 44.2 Å². The first kappa shape index (κ1) is 28.4. The van der Waals surface area contributed by atoms with Gasteiger partial charge in [0.15, 0.2) is 0 Å². The summed E-state index contributed by atoms with van der Waals surface area (Å²) < 4.78 is 4.67. The van der Waals surface area contributed by atoms with Crippen molar-refractivity contribution in [3.63, 3.8) is 0 Å². The monoisotopic (exact) mass is 511 g/mol. The van der Waals surface area contributed by atoms with Gasteiger partial charge in [-0.3, -0.25) is 10.6 Å². The number of benzene rings is 2. The zero-order valence-corrected chi connectivity index (χ0v) is 22.1. The number of ether oxygens (including phenoxy) is 1. The quantitative estimate of drug-likeness (QED) is 0.255. The molecule has 202 valence electrons. The number of methoxy groups -OCH3 is 1. The van der Waals surface area contributed by atoms with Gasteiger partial charge in [-0.1, -0.05) is 56.3 Å². The van der Waals surface area contributed by atoms with Gasteiger partial charge in [0.2, 0.25) is 5.91 Å². The van der Waals surface area contributed by atoms with Gasteiger partial charge < -0.3 is 25.4 Å². The molecule has 0 aliphatic carbocycles. The number of anilines is 1. The summed E-state index contributed by atoms with van der Waals surface area (Å²) >= 11 is 0. The van der Waals surface area contributed by atoms with Crippen molar-refractivity contribution in [3.05, 3.63) is 65.7 Å². The summed E-state index contributed by atoms with van der Waals surface area (Å²) in [6.45, 7) is 6.47. The Bertz CT molecular complexity index is 980. The first-order valence-electron chi connectivity index (χ1n) is 13.0. The SMILES string of the molecule is COC(=O)N[C@H](C(=O)NC(Cc1ccccc1)C(O)CN(N)Cc1ccc(N2CCCC2)cc1)C(C)C. The molecule has 0 saturated carbocycles. The second-order valence-corrected chi connectivity index (χ2v) is 10.0. The molecule has 3 atom stereocenters. The molecule has 0 aromatic heterocycles. The molecule has 1 fully saturated rings. The van der Waals surface area contributed by atoms with Crippen LogP contribution in [0.5, 0.6) is 0 Å². The number of amides is 2. The second kappa shape index (κ2) is 14.0. The lowest BCUT2D eigenvalue weighted by atomic mass is 9.98. The van der Waals surface area contributed by atoms with Crippen molar-refractivity contribution in [1.82, 2.24) is 15.6 Å². The Labute approximate surface area is 219 Å². The zero-order valence-electron chi connectivity index (χ0n) is 22.1.